The van der Waals surface area contributed by atoms with Crippen molar-refractivity contribution in [3.63, 3.8) is 0 Å². The van der Waals surface area contributed by atoms with Gasteiger partial charge in [0.2, 0.25) is 0 Å². The number of furan rings is 1. The lowest BCUT2D eigenvalue weighted by Gasteiger charge is -2.47. The van der Waals surface area contributed by atoms with Gasteiger partial charge < -0.3 is 9.52 Å². The van der Waals surface area contributed by atoms with Crippen LogP contribution in [0.15, 0.2) is 23.0 Å². The summed E-state index contributed by atoms with van der Waals surface area (Å²) in [7, 11) is 0. The Hall–Kier alpha value is -1.09. The van der Waals surface area contributed by atoms with Crippen LogP contribution >= 0.6 is 0 Å². The van der Waals surface area contributed by atoms with Crippen molar-refractivity contribution in [1.82, 2.24) is 0 Å². The second kappa shape index (κ2) is 4.54. The summed E-state index contributed by atoms with van der Waals surface area (Å²) in [4.78, 5) is 12.2. The van der Waals surface area contributed by atoms with Crippen molar-refractivity contribution >= 4 is 5.78 Å². The average molecular weight is 250 g/mol. The van der Waals surface area contributed by atoms with Crippen LogP contribution in [0.5, 0.6) is 0 Å². The SMILES string of the molecule is CC1(C)CCC[C@](C)(O)[C@H]1CC(=O)c1ccoc1. The first kappa shape index (κ1) is 13.3. The minimum absolute atomic E-state index is 0.00106. The molecule has 0 radical (unpaired) electrons. The topological polar surface area (TPSA) is 50.4 Å². The summed E-state index contributed by atoms with van der Waals surface area (Å²) in [5.74, 6) is 0.0603. The lowest BCUT2D eigenvalue weighted by atomic mass is 9.60. The largest absolute Gasteiger partial charge is 0.472 e. The van der Waals surface area contributed by atoms with E-state index in [1.54, 1.807) is 6.07 Å². The fourth-order valence-corrected chi connectivity index (χ4v) is 3.31. The van der Waals surface area contributed by atoms with Crippen LogP contribution in [0.3, 0.4) is 0 Å². The molecule has 1 N–H and O–H groups in total. The molecule has 1 aromatic heterocycles. The van der Waals surface area contributed by atoms with Crippen molar-refractivity contribution in [3.05, 3.63) is 24.2 Å². The quantitative estimate of drug-likeness (QED) is 0.836. The van der Waals surface area contributed by atoms with Crippen molar-refractivity contribution in [2.75, 3.05) is 0 Å². The van der Waals surface area contributed by atoms with Crippen LogP contribution in [0.4, 0.5) is 0 Å². The van der Waals surface area contributed by atoms with Gasteiger partial charge >= 0.3 is 0 Å². The predicted octanol–water partition coefficient (Wildman–Crippen LogP) is 3.43. The molecule has 1 saturated carbocycles. The van der Waals surface area contributed by atoms with Gasteiger partial charge in [0.1, 0.15) is 6.26 Å². The smallest absolute Gasteiger partial charge is 0.166 e. The molecule has 0 spiro atoms. The third kappa shape index (κ3) is 2.51. The van der Waals surface area contributed by atoms with E-state index in [9.17, 15) is 9.90 Å². The minimum atomic E-state index is -0.749. The molecule has 1 aliphatic carbocycles. The van der Waals surface area contributed by atoms with Crippen LogP contribution in [-0.2, 0) is 0 Å². The van der Waals surface area contributed by atoms with Crippen molar-refractivity contribution in [1.29, 1.82) is 0 Å². The number of carbonyl (C=O) groups excluding carboxylic acids is 1. The molecule has 0 unspecified atom stereocenters. The summed E-state index contributed by atoms with van der Waals surface area (Å²) in [6.45, 7) is 6.16. The first-order chi connectivity index (χ1) is 8.33. The monoisotopic (exact) mass is 250 g/mol. The van der Waals surface area contributed by atoms with E-state index in [1.807, 2.05) is 6.92 Å². The molecule has 2 atom stereocenters. The lowest BCUT2D eigenvalue weighted by Crippen LogP contribution is -2.47. The van der Waals surface area contributed by atoms with Crippen molar-refractivity contribution in [2.45, 2.75) is 52.1 Å². The first-order valence-corrected chi connectivity index (χ1v) is 6.61. The van der Waals surface area contributed by atoms with Crippen molar-refractivity contribution in [3.8, 4) is 0 Å². The minimum Gasteiger partial charge on any atom is -0.472 e. The Kier molecular flexibility index (Phi) is 3.37. The van der Waals surface area contributed by atoms with Crippen LogP contribution < -0.4 is 0 Å². The molecule has 100 valence electrons. The third-order valence-electron chi connectivity index (χ3n) is 4.43. The molecule has 0 amide bonds. The standard InChI is InChI=1S/C15H22O3/c1-14(2)6-4-7-15(3,17)13(14)9-12(16)11-5-8-18-10-11/h5,8,10,13,17H,4,6-7,9H2,1-3H3/t13-,15-/m0/s1. The van der Waals surface area contributed by atoms with Crippen LogP contribution in [0.25, 0.3) is 0 Å². The molecule has 1 aromatic rings. The van der Waals surface area contributed by atoms with Crippen molar-refractivity contribution < 1.29 is 14.3 Å². The highest BCUT2D eigenvalue weighted by Crippen LogP contribution is 2.48. The number of aliphatic hydroxyl groups is 1. The Bertz CT molecular complexity index is 399. The summed E-state index contributed by atoms with van der Waals surface area (Å²) in [5, 5.41) is 10.5. The van der Waals surface area contributed by atoms with Crippen LogP contribution in [0.2, 0.25) is 0 Å². The molecular formula is C15H22O3. The maximum absolute atomic E-state index is 12.2. The van der Waals surface area contributed by atoms with Crippen LogP contribution in [0, 0.1) is 11.3 Å². The van der Waals surface area contributed by atoms with E-state index in [1.165, 1.54) is 12.5 Å². The Balaban J connectivity index is 2.17. The predicted molar refractivity (Wildman–Crippen MR) is 69.4 cm³/mol. The molecule has 0 aliphatic heterocycles. The lowest BCUT2D eigenvalue weighted by molar-refractivity contribution is -0.0881. The third-order valence-corrected chi connectivity index (χ3v) is 4.43. The maximum Gasteiger partial charge on any atom is 0.166 e. The number of ketones is 1. The van der Waals surface area contributed by atoms with Gasteiger partial charge in [-0.25, -0.2) is 0 Å². The van der Waals surface area contributed by atoms with Gasteiger partial charge in [-0.2, -0.15) is 0 Å². The molecule has 1 aliphatic rings. The van der Waals surface area contributed by atoms with Gasteiger partial charge in [0.25, 0.3) is 0 Å². The first-order valence-electron chi connectivity index (χ1n) is 6.61. The molecule has 0 bridgehead atoms. The van der Waals surface area contributed by atoms with Gasteiger partial charge in [-0.15, -0.1) is 0 Å². The molecule has 3 nitrogen and oxygen atoms in total. The van der Waals surface area contributed by atoms with E-state index >= 15 is 0 Å². The zero-order valence-corrected chi connectivity index (χ0v) is 11.4. The number of hydrogen-bond acceptors (Lipinski definition) is 3. The molecule has 18 heavy (non-hydrogen) atoms. The fraction of sp³-hybridized carbons (Fsp3) is 0.667. The van der Waals surface area contributed by atoms with Gasteiger partial charge in [0, 0.05) is 6.42 Å². The summed E-state index contributed by atoms with van der Waals surface area (Å²) in [6.07, 6.45) is 6.24. The Morgan fingerprint density at radius 2 is 2.17 bits per heavy atom. The normalized spacial score (nSPS) is 31.2. The van der Waals surface area contributed by atoms with Gasteiger partial charge in [-0.05, 0) is 37.2 Å². The highest BCUT2D eigenvalue weighted by atomic mass is 16.3. The van der Waals surface area contributed by atoms with E-state index < -0.39 is 5.60 Å². The second-order valence-corrected chi connectivity index (χ2v) is 6.39. The van der Waals surface area contributed by atoms with Gasteiger partial charge in [-0.1, -0.05) is 20.3 Å². The average Bonchev–Trinajstić information content (AvgIpc) is 2.76. The zero-order valence-electron chi connectivity index (χ0n) is 11.4. The maximum atomic E-state index is 12.2. The van der Waals surface area contributed by atoms with Crippen LogP contribution in [0.1, 0.15) is 56.8 Å². The van der Waals surface area contributed by atoms with E-state index in [0.29, 0.717) is 12.0 Å². The number of rotatable bonds is 3. The molecule has 2 rings (SSSR count). The van der Waals surface area contributed by atoms with E-state index in [4.69, 9.17) is 4.42 Å². The molecular weight excluding hydrogens is 228 g/mol. The summed E-state index contributed by atoms with van der Waals surface area (Å²) >= 11 is 0. The Morgan fingerprint density at radius 3 is 2.72 bits per heavy atom. The highest BCUT2D eigenvalue weighted by molar-refractivity contribution is 5.95. The summed E-state index contributed by atoms with van der Waals surface area (Å²) < 4.78 is 4.95. The molecule has 0 aromatic carbocycles. The molecule has 1 heterocycles. The second-order valence-electron chi connectivity index (χ2n) is 6.39. The molecule has 0 saturated heterocycles. The van der Waals surface area contributed by atoms with Crippen LogP contribution in [-0.4, -0.2) is 16.5 Å². The summed E-state index contributed by atoms with van der Waals surface area (Å²) in [6, 6.07) is 1.69. The zero-order chi connectivity index (χ0) is 13.4. The van der Waals surface area contributed by atoms with Gasteiger partial charge in [0.15, 0.2) is 5.78 Å². The van der Waals surface area contributed by atoms with Gasteiger partial charge in [0.05, 0.1) is 17.4 Å². The Labute approximate surface area is 108 Å². The van der Waals surface area contributed by atoms with E-state index in [0.717, 1.165) is 19.3 Å². The number of Topliss-reactive ketones (excluding diaryl/α,β-unsaturated/α-hetero) is 1. The van der Waals surface area contributed by atoms with Gasteiger partial charge in [-0.3, -0.25) is 4.79 Å². The van der Waals surface area contributed by atoms with E-state index in [-0.39, 0.29) is 17.1 Å². The number of carbonyl (C=O) groups is 1. The van der Waals surface area contributed by atoms with E-state index in [2.05, 4.69) is 13.8 Å². The highest BCUT2D eigenvalue weighted by Gasteiger charge is 2.46. The Morgan fingerprint density at radius 1 is 1.44 bits per heavy atom. The van der Waals surface area contributed by atoms with Crippen molar-refractivity contribution in [2.24, 2.45) is 11.3 Å². The fourth-order valence-electron chi connectivity index (χ4n) is 3.31. The molecule has 3 heteroatoms. The summed E-state index contributed by atoms with van der Waals surface area (Å²) in [5.41, 5.74) is -0.144. The molecule has 1 fully saturated rings. The number of hydrogen-bond donors (Lipinski definition) is 1.